The van der Waals surface area contributed by atoms with Crippen LogP contribution < -0.4 is 5.32 Å². The summed E-state index contributed by atoms with van der Waals surface area (Å²) >= 11 is 0. The van der Waals surface area contributed by atoms with Gasteiger partial charge in [0.05, 0.1) is 0 Å². The van der Waals surface area contributed by atoms with Gasteiger partial charge in [-0.3, -0.25) is 0 Å². The number of aromatic nitrogens is 2. The standard InChI is InChI=1S/C7H11N3.C6H6.C2H6/c1-5-4-6(2)10-7(8-3)9-5;1-2-4-6-5-3-1;1-2/h4H,1-3H3,(H,8,9,10);1-6H;1-2H3. The van der Waals surface area contributed by atoms with Crippen LogP contribution in [0.2, 0.25) is 0 Å². The Morgan fingerprint density at radius 2 is 1.11 bits per heavy atom. The minimum Gasteiger partial charge on any atom is -0.357 e. The number of aryl methyl sites for hydroxylation is 2. The first kappa shape index (κ1) is 16.1. The highest BCUT2D eigenvalue weighted by atomic mass is 15.1. The van der Waals surface area contributed by atoms with Crippen LogP contribution >= 0.6 is 0 Å². The fraction of sp³-hybridized carbons (Fsp3) is 0.333. The summed E-state index contributed by atoms with van der Waals surface area (Å²) in [4.78, 5) is 8.26. The lowest BCUT2D eigenvalue weighted by Crippen LogP contribution is -1.98. The summed E-state index contributed by atoms with van der Waals surface area (Å²) in [7, 11) is 1.81. The van der Waals surface area contributed by atoms with Crippen LogP contribution in [0.15, 0.2) is 42.5 Å². The van der Waals surface area contributed by atoms with Crippen molar-refractivity contribution in [3.63, 3.8) is 0 Å². The molecule has 0 unspecified atom stereocenters. The number of hydrogen-bond acceptors (Lipinski definition) is 3. The molecule has 0 atom stereocenters. The van der Waals surface area contributed by atoms with E-state index in [-0.39, 0.29) is 0 Å². The molecular formula is C15H23N3. The van der Waals surface area contributed by atoms with E-state index in [0.29, 0.717) is 5.95 Å². The summed E-state index contributed by atoms with van der Waals surface area (Å²) in [5, 5.41) is 2.89. The SMILES string of the molecule is CC.CNc1nc(C)cc(C)n1.c1ccccc1. The Morgan fingerprint density at radius 1 is 0.778 bits per heavy atom. The molecule has 0 aliphatic heterocycles. The molecule has 98 valence electrons. The molecule has 0 aliphatic carbocycles. The first-order chi connectivity index (χ1) is 8.72. The normalized spacial score (nSPS) is 8.28. The molecule has 3 nitrogen and oxygen atoms in total. The predicted octanol–water partition coefficient (Wildman–Crippen LogP) is 3.85. The van der Waals surface area contributed by atoms with Crippen molar-refractivity contribution in [2.45, 2.75) is 27.7 Å². The molecule has 0 aliphatic rings. The van der Waals surface area contributed by atoms with Crippen LogP contribution in [0.1, 0.15) is 25.2 Å². The summed E-state index contributed by atoms with van der Waals surface area (Å²) < 4.78 is 0. The Labute approximate surface area is 110 Å². The van der Waals surface area contributed by atoms with Crippen molar-refractivity contribution in [1.82, 2.24) is 9.97 Å². The lowest BCUT2D eigenvalue weighted by Gasteiger charge is -1.99. The average Bonchev–Trinajstić information content (AvgIpc) is 2.42. The molecule has 18 heavy (non-hydrogen) atoms. The molecule has 1 N–H and O–H groups in total. The van der Waals surface area contributed by atoms with Crippen molar-refractivity contribution in [3.05, 3.63) is 53.9 Å². The van der Waals surface area contributed by atoms with E-state index in [1.807, 2.05) is 77.2 Å². The third-order valence-corrected chi connectivity index (χ3v) is 1.87. The van der Waals surface area contributed by atoms with Gasteiger partial charge in [0.25, 0.3) is 0 Å². The van der Waals surface area contributed by atoms with Gasteiger partial charge in [-0.25, -0.2) is 9.97 Å². The largest absolute Gasteiger partial charge is 0.357 e. The van der Waals surface area contributed by atoms with Gasteiger partial charge in [0.15, 0.2) is 0 Å². The lowest BCUT2D eigenvalue weighted by atomic mass is 10.4. The minimum absolute atomic E-state index is 0.692. The summed E-state index contributed by atoms with van der Waals surface area (Å²) in [5.41, 5.74) is 1.99. The van der Waals surface area contributed by atoms with Gasteiger partial charge in [-0.05, 0) is 19.9 Å². The number of nitrogens with one attached hydrogen (secondary N) is 1. The fourth-order valence-electron chi connectivity index (χ4n) is 1.22. The summed E-state index contributed by atoms with van der Waals surface area (Å²) in [6.07, 6.45) is 0. The Balaban J connectivity index is 0.000000308. The number of nitrogens with zero attached hydrogens (tertiary/aromatic N) is 2. The third kappa shape index (κ3) is 7.39. The second-order valence-electron chi connectivity index (χ2n) is 3.38. The Hall–Kier alpha value is -1.90. The maximum absolute atomic E-state index is 4.13. The predicted molar refractivity (Wildman–Crippen MR) is 78.8 cm³/mol. The second-order valence-corrected chi connectivity index (χ2v) is 3.38. The van der Waals surface area contributed by atoms with E-state index in [1.54, 1.807) is 0 Å². The Morgan fingerprint density at radius 3 is 1.39 bits per heavy atom. The number of anilines is 1. The van der Waals surface area contributed by atoms with Gasteiger partial charge in [0, 0.05) is 18.4 Å². The van der Waals surface area contributed by atoms with Crippen LogP contribution in [0.25, 0.3) is 0 Å². The summed E-state index contributed by atoms with van der Waals surface area (Å²) in [6, 6.07) is 13.9. The second kappa shape index (κ2) is 10.3. The third-order valence-electron chi connectivity index (χ3n) is 1.87. The van der Waals surface area contributed by atoms with E-state index >= 15 is 0 Å². The fourth-order valence-corrected chi connectivity index (χ4v) is 1.22. The lowest BCUT2D eigenvalue weighted by molar-refractivity contribution is 1.05. The molecule has 1 aromatic carbocycles. The van der Waals surface area contributed by atoms with Crippen molar-refractivity contribution in [2.24, 2.45) is 0 Å². The molecule has 0 saturated heterocycles. The molecule has 0 amide bonds. The van der Waals surface area contributed by atoms with Gasteiger partial charge >= 0.3 is 0 Å². The molecular weight excluding hydrogens is 222 g/mol. The van der Waals surface area contributed by atoms with E-state index in [4.69, 9.17) is 0 Å². The quantitative estimate of drug-likeness (QED) is 0.829. The van der Waals surface area contributed by atoms with Gasteiger partial charge in [0.2, 0.25) is 5.95 Å². The monoisotopic (exact) mass is 245 g/mol. The molecule has 0 saturated carbocycles. The van der Waals surface area contributed by atoms with Crippen LogP contribution in [0.4, 0.5) is 5.95 Å². The highest BCUT2D eigenvalue weighted by molar-refractivity contribution is 5.26. The maximum Gasteiger partial charge on any atom is 0.222 e. The Kier molecular flexibility index (Phi) is 9.18. The number of rotatable bonds is 1. The maximum atomic E-state index is 4.13. The van der Waals surface area contributed by atoms with Crippen LogP contribution in [-0.4, -0.2) is 17.0 Å². The molecule has 0 spiro atoms. The van der Waals surface area contributed by atoms with Crippen LogP contribution in [-0.2, 0) is 0 Å². The van der Waals surface area contributed by atoms with Gasteiger partial charge in [-0.2, -0.15) is 0 Å². The molecule has 1 heterocycles. The zero-order chi connectivity index (χ0) is 13.8. The first-order valence-corrected chi connectivity index (χ1v) is 6.22. The minimum atomic E-state index is 0.692. The molecule has 2 aromatic rings. The summed E-state index contributed by atoms with van der Waals surface area (Å²) in [5.74, 6) is 0.692. The van der Waals surface area contributed by atoms with Crippen molar-refractivity contribution in [3.8, 4) is 0 Å². The zero-order valence-electron chi connectivity index (χ0n) is 11.9. The van der Waals surface area contributed by atoms with Crippen LogP contribution in [0.3, 0.4) is 0 Å². The number of hydrogen-bond donors (Lipinski definition) is 1. The van der Waals surface area contributed by atoms with Gasteiger partial charge in [-0.15, -0.1) is 0 Å². The van der Waals surface area contributed by atoms with E-state index in [2.05, 4.69) is 15.3 Å². The topological polar surface area (TPSA) is 37.8 Å². The number of benzene rings is 1. The van der Waals surface area contributed by atoms with Gasteiger partial charge < -0.3 is 5.32 Å². The van der Waals surface area contributed by atoms with Crippen molar-refractivity contribution < 1.29 is 0 Å². The van der Waals surface area contributed by atoms with E-state index < -0.39 is 0 Å². The Bertz CT molecular complexity index is 366. The molecule has 0 fully saturated rings. The highest BCUT2D eigenvalue weighted by Gasteiger charge is 1.93. The molecule has 2 rings (SSSR count). The summed E-state index contributed by atoms with van der Waals surface area (Å²) in [6.45, 7) is 7.91. The van der Waals surface area contributed by atoms with E-state index in [1.165, 1.54) is 0 Å². The van der Waals surface area contributed by atoms with Crippen LogP contribution in [0.5, 0.6) is 0 Å². The van der Waals surface area contributed by atoms with E-state index in [0.717, 1.165) is 11.4 Å². The molecule has 0 bridgehead atoms. The first-order valence-electron chi connectivity index (χ1n) is 6.22. The van der Waals surface area contributed by atoms with Crippen molar-refractivity contribution >= 4 is 5.95 Å². The van der Waals surface area contributed by atoms with Gasteiger partial charge in [-0.1, -0.05) is 50.2 Å². The average molecular weight is 245 g/mol. The van der Waals surface area contributed by atoms with Gasteiger partial charge in [0.1, 0.15) is 0 Å². The molecule has 1 aromatic heterocycles. The van der Waals surface area contributed by atoms with E-state index in [9.17, 15) is 0 Å². The van der Waals surface area contributed by atoms with Crippen LogP contribution in [0, 0.1) is 13.8 Å². The molecule has 3 heteroatoms. The van der Waals surface area contributed by atoms with Crippen molar-refractivity contribution in [1.29, 1.82) is 0 Å². The van der Waals surface area contributed by atoms with Crippen molar-refractivity contribution in [2.75, 3.05) is 12.4 Å². The smallest absolute Gasteiger partial charge is 0.222 e. The molecule has 0 radical (unpaired) electrons. The zero-order valence-corrected chi connectivity index (χ0v) is 11.9. The highest BCUT2D eigenvalue weighted by Crippen LogP contribution is 2.01.